The van der Waals surface area contributed by atoms with Gasteiger partial charge in [0.1, 0.15) is 11.2 Å². The van der Waals surface area contributed by atoms with Gasteiger partial charge in [-0.25, -0.2) is 0 Å². The molecule has 0 fully saturated rings. The highest BCUT2D eigenvalue weighted by Gasteiger charge is 2.51. The Morgan fingerprint density at radius 1 is 0.280 bits per heavy atom. The van der Waals surface area contributed by atoms with E-state index < -0.39 is 0 Å². The van der Waals surface area contributed by atoms with E-state index in [0.717, 1.165) is 21.9 Å². The predicted molar refractivity (Wildman–Crippen MR) is 208 cm³/mol. The molecule has 2 aliphatic rings. The maximum atomic E-state index is 6.72. The van der Waals surface area contributed by atoms with Crippen molar-refractivity contribution in [3.05, 3.63) is 192 Å². The van der Waals surface area contributed by atoms with Gasteiger partial charge in [-0.1, -0.05) is 140 Å². The molecule has 1 heterocycles. The zero-order valence-corrected chi connectivity index (χ0v) is 27.1. The van der Waals surface area contributed by atoms with Crippen molar-refractivity contribution < 1.29 is 4.42 Å². The molecule has 1 aromatic heterocycles. The van der Waals surface area contributed by atoms with Crippen LogP contribution in [0, 0.1) is 0 Å². The van der Waals surface area contributed by atoms with Crippen LogP contribution in [0.25, 0.3) is 87.6 Å². The van der Waals surface area contributed by atoms with Gasteiger partial charge in [0, 0.05) is 10.8 Å². The minimum absolute atomic E-state index is 0.379. The Morgan fingerprint density at radius 3 is 1.32 bits per heavy atom. The Labute approximate surface area is 288 Å². The van der Waals surface area contributed by atoms with Crippen LogP contribution in [0.15, 0.2) is 174 Å². The molecule has 1 spiro atoms. The number of rotatable bonds is 1. The molecule has 0 radical (unpaired) electrons. The van der Waals surface area contributed by atoms with Crippen molar-refractivity contribution >= 4 is 54.3 Å². The van der Waals surface area contributed by atoms with Gasteiger partial charge in [0.15, 0.2) is 0 Å². The van der Waals surface area contributed by atoms with Gasteiger partial charge in [0.2, 0.25) is 0 Å². The van der Waals surface area contributed by atoms with E-state index in [1.54, 1.807) is 0 Å². The molecule has 0 unspecified atom stereocenters. The summed E-state index contributed by atoms with van der Waals surface area (Å²) in [4.78, 5) is 0. The standard InChI is InChI=1S/C49H28O/c1-2-13-33-31(11-1)32-12-3-4-14-34(32)39-25-29(21-23-35(33)39)30-22-24-47-41(26-30)42-27-40-38-17-7-10-20-45(38)49(46(40)28-48(42)50-47)43-18-8-5-15-36(43)37-16-6-9-19-44(37)49/h1-28H. The Kier molecular flexibility index (Phi) is 4.97. The Hall–Kier alpha value is -6.44. The Bertz CT molecular complexity index is 3020. The molecular formula is C49H28O. The van der Waals surface area contributed by atoms with Crippen LogP contribution >= 0.6 is 0 Å². The Balaban J connectivity index is 1.10. The SMILES string of the molecule is c1ccc2c(c1)-c1ccccc1C21c2ccccc2-c2cc3c(cc21)oc1ccc(-c2ccc4c5ccccc5c5ccccc5c4c2)cc13. The van der Waals surface area contributed by atoms with Gasteiger partial charge in [-0.05, 0) is 118 Å². The minimum Gasteiger partial charge on any atom is -0.456 e. The van der Waals surface area contributed by atoms with Crippen LogP contribution in [-0.4, -0.2) is 0 Å². The monoisotopic (exact) mass is 632 g/mol. The summed E-state index contributed by atoms with van der Waals surface area (Å²) >= 11 is 0. The fraction of sp³-hybridized carbons (Fsp3) is 0.0204. The summed E-state index contributed by atoms with van der Waals surface area (Å²) in [7, 11) is 0. The lowest BCUT2D eigenvalue weighted by atomic mass is 9.70. The summed E-state index contributed by atoms with van der Waals surface area (Å²) < 4.78 is 6.72. The molecule has 9 aromatic carbocycles. The highest BCUT2D eigenvalue weighted by molar-refractivity contribution is 6.25. The molecule has 230 valence electrons. The topological polar surface area (TPSA) is 13.1 Å². The minimum atomic E-state index is -0.379. The fourth-order valence-corrected chi connectivity index (χ4v) is 9.63. The summed E-state index contributed by atoms with van der Waals surface area (Å²) in [6.45, 7) is 0. The largest absolute Gasteiger partial charge is 0.456 e. The van der Waals surface area contributed by atoms with E-state index >= 15 is 0 Å². The van der Waals surface area contributed by atoms with E-state index in [4.69, 9.17) is 4.42 Å². The second kappa shape index (κ2) is 9.37. The van der Waals surface area contributed by atoms with Gasteiger partial charge in [-0.2, -0.15) is 0 Å². The fourth-order valence-electron chi connectivity index (χ4n) is 9.63. The molecule has 0 aliphatic heterocycles. The van der Waals surface area contributed by atoms with E-state index in [9.17, 15) is 0 Å². The van der Waals surface area contributed by atoms with E-state index in [0.29, 0.717) is 0 Å². The van der Waals surface area contributed by atoms with Crippen molar-refractivity contribution in [3.63, 3.8) is 0 Å². The highest BCUT2D eigenvalue weighted by atomic mass is 16.3. The van der Waals surface area contributed by atoms with Crippen molar-refractivity contribution in [2.75, 3.05) is 0 Å². The molecule has 0 saturated heterocycles. The van der Waals surface area contributed by atoms with Crippen LogP contribution < -0.4 is 0 Å². The lowest BCUT2D eigenvalue weighted by Crippen LogP contribution is -2.25. The van der Waals surface area contributed by atoms with Crippen molar-refractivity contribution in [2.24, 2.45) is 0 Å². The third kappa shape index (κ3) is 3.18. The third-order valence-corrected chi connectivity index (χ3v) is 11.7. The van der Waals surface area contributed by atoms with Crippen molar-refractivity contribution in [1.82, 2.24) is 0 Å². The van der Waals surface area contributed by atoms with Crippen LogP contribution in [0.4, 0.5) is 0 Å². The first-order valence-corrected chi connectivity index (χ1v) is 17.4. The summed E-state index contributed by atoms with van der Waals surface area (Å²) in [5.41, 5.74) is 14.4. The van der Waals surface area contributed by atoms with Gasteiger partial charge in [-0.3, -0.25) is 0 Å². The van der Waals surface area contributed by atoms with Gasteiger partial charge in [0.05, 0.1) is 5.41 Å². The smallest absolute Gasteiger partial charge is 0.135 e. The first-order valence-electron chi connectivity index (χ1n) is 17.4. The molecule has 1 heteroatoms. The summed E-state index contributed by atoms with van der Waals surface area (Å²) in [5, 5.41) is 10.1. The Morgan fingerprint density at radius 2 is 0.720 bits per heavy atom. The van der Waals surface area contributed by atoms with Crippen LogP contribution in [0.1, 0.15) is 22.3 Å². The number of furan rings is 1. The molecule has 0 bridgehead atoms. The quantitative estimate of drug-likeness (QED) is 0.164. The first-order chi connectivity index (χ1) is 24.8. The zero-order chi connectivity index (χ0) is 32.6. The summed E-state index contributed by atoms with van der Waals surface area (Å²) in [5.74, 6) is 0. The van der Waals surface area contributed by atoms with E-state index in [-0.39, 0.29) is 5.41 Å². The second-order valence-electron chi connectivity index (χ2n) is 13.9. The lowest BCUT2D eigenvalue weighted by molar-refractivity contribution is 0.666. The van der Waals surface area contributed by atoms with Gasteiger partial charge in [0.25, 0.3) is 0 Å². The molecule has 0 saturated carbocycles. The van der Waals surface area contributed by atoms with E-state index in [1.807, 2.05) is 0 Å². The van der Waals surface area contributed by atoms with Crippen molar-refractivity contribution in [1.29, 1.82) is 0 Å². The number of fused-ring (bicyclic) bond motifs is 19. The van der Waals surface area contributed by atoms with Gasteiger partial charge < -0.3 is 4.42 Å². The average Bonchev–Trinajstić information content (AvgIpc) is 3.80. The highest BCUT2D eigenvalue weighted by Crippen LogP contribution is 2.63. The molecular weight excluding hydrogens is 605 g/mol. The number of benzene rings is 9. The van der Waals surface area contributed by atoms with Crippen LogP contribution in [0.5, 0.6) is 0 Å². The molecule has 0 amide bonds. The first kappa shape index (κ1) is 26.5. The normalized spacial score (nSPS) is 13.8. The maximum Gasteiger partial charge on any atom is 0.135 e. The molecule has 0 N–H and O–H groups in total. The lowest BCUT2D eigenvalue weighted by Gasteiger charge is -2.30. The summed E-state index contributed by atoms with van der Waals surface area (Å²) in [6, 6.07) is 62.9. The van der Waals surface area contributed by atoms with Crippen molar-refractivity contribution in [2.45, 2.75) is 5.41 Å². The molecule has 0 atom stereocenters. The molecule has 10 aromatic rings. The average molecular weight is 633 g/mol. The van der Waals surface area contributed by atoms with Gasteiger partial charge in [-0.15, -0.1) is 0 Å². The van der Waals surface area contributed by atoms with Crippen LogP contribution in [-0.2, 0) is 5.41 Å². The van der Waals surface area contributed by atoms with Crippen LogP contribution in [0.3, 0.4) is 0 Å². The van der Waals surface area contributed by atoms with Crippen molar-refractivity contribution in [3.8, 4) is 33.4 Å². The number of hydrogen-bond acceptors (Lipinski definition) is 1. The molecule has 2 aliphatic carbocycles. The molecule has 50 heavy (non-hydrogen) atoms. The zero-order valence-electron chi connectivity index (χ0n) is 27.1. The number of hydrogen-bond donors (Lipinski definition) is 0. The van der Waals surface area contributed by atoms with E-state index in [2.05, 4.69) is 170 Å². The molecule has 1 nitrogen and oxygen atoms in total. The molecule has 12 rings (SSSR count). The second-order valence-corrected chi connectivity index (χ2v) is 13.9. The predicted octanol–water partition coefficient (Wildman–Crippen LogP) is 13.1. The van der Waals surface area contributed by atoms with E-state index in [1.165, 1.54) is 88.0 Å². The third-order valence-electron chi connectivity index (χ3n) is 11.7. The maximum absolute atomic E-state index is 6.72. The summed E-state index contributed by atoms with van der Waals surface area (Å²) in [6.07, 6.45) is 0. The van der Waals surface area contributed by atoms with Crippen LogP contribution in [0.2, 0.25) is 0 Å². The van der Waals surface area contributed by atoms with Gasteiger partial charge >= 0.3 is 0 Å².